The maximum Gasteiger partial charge on any atom is 0.460 e. The minimum atomic E-state index is -6.99. The molecule has 0 heterocycles. The van der Waals surface area contributed by atoms with Crippen LogP contribution >= 0.6 is 0 Å². The van der Waals surface area contributed by atoms with Gasteiger partial charge in [0.1, 0.15) is 6.10 Å². The van der Waals surface area contributed by atoms with E-state index in [0.717, 1.165) is 0 Å². The summed E-state index contributed by atoms with van der Waals surface area (Å²) < 4.78 is 183. The summed E-state index contributed by atoms with van der Waals surface area (Å²) in [4.78, 5) is 0. The molecule has 1 atom stereocenters. The zero-order valence-corrected chi connectivity index (χ0v) is 14.9. The Balaban J connectivity index is 3.88. The molecule has 15 heteroatoms. The Morgan fingerprint density at radius 1 is 0.710 bits per heavy atom. The highest BCUT2D eigenvalue weighted by Crippen LogP contribution is 2.56. The van der Waals surface area contributed by atoms with Crippen LogP contribution in [0.3, 0.4) is 0 Å². The van der Waals surface area contributed by atoms with Gasteiger partial charge in [-0.2, -0.15) is 61.5 Å². The van der Waals surface area contributed by atoms with E-state index in [4.69, 9.17) is 0 Å². The van der Waals surface area contributed by atoms with Crippen LogP contribution in [0.1, 0.15) is 42.6 Å². The van der Waals surface area contributed by atoms with Gasteiger partial charge in [-0.3, -0.25) is 0 Å². The quantitative estimate of drug-likeness (QED) is 0.356. The Morgan fingerprint density at radius 3 is 1.52 bits per heavy atom. The summed E-state index contributed by atoms with van der Waals surface area (Å²) in [6.45, 7) is 1.25. The largest absolute Gasteiger partial charge is 0.460 e. The smallest absolute Gasteiger partial charge is 0.228 e. The second-order valence-corrected chi connectivity index (χ2v) is 6.37. The van der Waals surface area contributed by atoms with Crippen LogP contribution in [0.25, 0.3) is 0 Å². The van der Waals surface area contributed by atoms with Crippen molar-refractivity contribution >= 4 is 0 Å². The summed E-state index contributed by atoms with van der Waals surface area (Å²) in [6, 6.07) is -1.60. The minimum Gasteiger partial charge on any atom is -0.228 e. The van der Waals surface area contributed by atoms with Crippen molar-refractivity contribution in [3.05, 3.63) is 34.9 Å². The number of hydrogen-bond donors (Lipinski definition) is 0. The van der Waals surface area contributed by atoms with E-state index >= 15 is 0 Å². The number of rotatable bonds is 7. The molecule has 1 aromatic rings. The molecular weight excluding hydrogens is 474 g/mol. The minimum absolute atomic E-state index is 0.154. The lowest BCUT2D eigenvalue weighted by Gasteiger charge is -2.32. The molecule has 179 valence electrons. The zero-order chi connectivity index (χ0) is 24.8. The zero-order valence-electron chi connectivity index (χ0n) is 14.9. The van der Waals surface area contributed by atoms with E-state index in [1.54, 1.807) is 0 Å². The van der Waals surface area contributed by atoms with E-state index in [2.05, 4.69) is 0 Å². The van der Waals surface area contributed by atoms with Crippen molar-refractivity contribution in [2.24, 2.45) is 0 Å². The van der Waals surface area contributed by atoms with Crippen molar-refractivity contribution in [2.45, 2.75) is 61.9 Å². The number of benzene rings is 1. The molecule has 0 spiro atoms. The summed E-state index contributed by atoms with van der Waals surface area (Å²) in [6.07, 6.45) is -17.3. The fraction of sp³-hybridized carbons (Fsp3) is 0.625. The van der Waals surface area contributed by atoms with Crippen LogP contribution in [0, 0.1) is 0 Å². The van der Waals surface area contributed by atoms with Gasteiger partial charge in [0.25, 0.3) is 0 Å². The highest BCUT2D eigenvalue weighted by atomic mass is 19.4. The summed E-state index contributed by atoms with van der Waals surface area (Å²) in [7, 11) is 0. The first kappa shape index (κ1) is 27.2. The van der Waals surface area contributed by atoms with E-state index in [-0.39, 0.29) is 18.6 Å². The molecule has 1 rings (SSSR count). The Bertz CT molecular complexity index is 778. The third-order valence-corrected chi connectivity index (χ3v) is 4.15. The average Bonchev–Trinajstić information content (AvgIpc) is 2.59. The van der Waals surface area contributed by atoms with Crippen molar-refractivity contribution in [3.8, 4) is 0 Å². The van der Waals surface area contributed by atoms with Gasteiger partial charge in [-0.05, 0) is 18.1 Å². The lowest BCUT2D eigenvalue weighted by atomic mass is 9.88. The predicted molar refractivity (Wildman–Crippen MR) is 74.6 cm³/mol. The average molecular weight is 485 g/mol. The molecule has 0 saturated heterocycles. The first-order valence-corrected chi connectivity index (χ1v) is 8.02. The molecule has 0 N–H and O–H groups in total. The molecule has 0 bridgehead atoms. The monoisotopic (exact) mass is 485 g/mol. The number of alkyl halides is 14. The Kier molecular flexibility index (Phi) is 6.99. The predicted octanol–water partition coefficient (Wildman–Crippen LogP) is 7.54. The summed E-state index contributed by atoms with van der Waals surface area (Å²) in [5.41, 5.74) is -6.97. The molecule has 0 amide bonds. The second kappa shape index (κ2) is 7.96. The fourth-order valence-electron chi connectivity index (χ4n) is 2.43. The van der Waals surface area contributed by atoms with Crippen LogP contribution in [-0.4, -0.2) is 24.2 Å². The first-order chi connectivity index (χ1) is 13.6. The van der Waals surface area contributed by atoms with Gasteiger partial charge in [-0.1, -0.05) is 25.5 Å². The maximum absolute atomic E-state index is 14.1. The summed E-state index contributed by atoms with van der Waals surface area (Å²) in [5.74, 6) is -26.7. The highest BCUT2D eigenvalue weighted by molar-refractivity contribution is 5.40. The van der Waals surface area contributed by atoms with Crippen molar-refractivity contribution in [2.75, 3.05) is 0 Å². The molecule has 1 aromatic carbocycles. The van der Waals surface area contributed by atoms with Crippen LogP contribution in [0.15, 0.2) is 18.2 Å². The normalized spacial score (nSPS) is 15.9. The number of hydrogen-bond acceptors (Lipinski definition) is 0. The van der Waals surface area contributed by atoms with Gasteiger partial charge in [0.2, 0.25) is 0 Å². The molecule has 1 radical (unpaired) electrons. The van der Waals surface area contributed by atoms with Crippen molar-refractivity contribution in [3.63, 3.8) is 0 Å². The Labute approximate surface area is 164 Å². The third kappa shape index (κ3) is 4.42. The van der Waals surface area contributed by atoms with Gasteiger partial charge in [0, 0.05) is 11.1 Å². The van der Waals surface area contributed by atoms with Crippen molar-refractivity contribution in [1.29, 1.82) is 0 Å². The van der Waals surface area contributed by atoms with Crippen LogP contribution in [0.5, 0.6) is 0 Å². The molecular formula is C16H11F14O. The van der Waals surface area contributed by atoms with Crippen LogP contribution < -0.4 is 0 Å². The van der Waals surface area contributed by atoms with Gasteiger partial charge in [0.05, 0.1) is 0 Å². The molecule has 0 fully saturated rings. The van der Waals surface area contributed by atoms with Crippen LogP contribution in [0.4, 0.5) is 61.5 Å². The molecule has 0 saturated carbocycles. The lowest BCUT2D eigenvalue weighted by molar-refractivity contribution is -0.361. The highest BCUT2D eigenvalue weighted by Gasteiger charge is 2.75. The molecule has 0 aliphatic heterocycles. The Hall–Kier alpha value is -1.80. The van der Waals surface area contributed by atoms with Crippen LogP contribution in [0.2, 0.25) is 0 Å². The van der Waals surface area contributed by atoms with Crippen LogP contribution in [-0.2, 0) is 17.0 Å². The van der Waals surface area contributed by atoms with E-state index < -0.39 is 71.3 Å². The van der Waals surface area contributed by atoms with E-state index in [1.807, 2.05) is 0 Å². The van der Waals surface area contributed by atoms with Crippen molar-refractivity contribution in [1.82, 2.24) is 0 Å². The van der Waals surface area contributed by atoms with Gasteiger partial charge >= 0.3 is 36.0 Å². The van der Waals surface area contributed by atoms with E-state index in [1.165, 1.54) is 6.92 Å². The van der Waals surface area contributed by atoms with E-state index in [9.17, 15) is 66.6 Å². The molecule has 1 unspecified atom stereocenters. The topological polar surface area (TPSA) is 19.9 Å². The molecule has 0 aromatic heterocycles. The van der Waals surface area contributed by atoms with Gasteiger partial charge < -0.3 is 0 Å². The lowest BCUT2D eigenvalue weighted by Crippen LogP contribution is -2.51. The van der Waals surface area contributed by atoms with Gasteiger partial charge in [0.15, 0.2) is 0 Å². The molecule has 0 aliphatic carbocycles. The van der Waals surface area contributed by atoms with Gasteiger partial charge in [-0.25, -0.2) is 5.11 Å². The standard InChI is InChI=1S/C16H11F14O/c1-2-3-10(31)8-5-4-7(11(17,18)13(21,22)15(25,26)27)6-9(8)12(19,20)14(23,24)16(28,29)30/h4-6,10H,2-3H2,1H3. The molecule has 31 heavy (non-hydrogen) atoms. The molecule has 0 aliphatic rings. The summed E-state index contributed by atoms with van der Waals surface area (Å²) in [5, 5.41) is 11.9. The Morgan fingerprint density at radius 2 is 1.13 bits per heavy atom. The van der Waals surface area contributed by atoms with Crippen molar-refractivity contribution < 1.29 is 66.6 Å². The maximum atomic E-state index is 14.1. The first-order valence-electron chi connectivity index (χ1n) is 8.02. The number of halogens is 14. The molecule has 1 nitrogen and oxygen atoms in total. The third-order valence-electron chi connectivity index (χ3n) is 4.15. The second-order valence-electron chi connectivity index (χ2n) is 6.37. The van der Waals surface area contributed by atoms with Gasteiger partial charge in [-0.15, -0.1) is 0 Å². The fourth-order valence-corrected chi connectivity index (χ4v) is 2.43. The van der Waals surface area contributed by atoms with E-state index in [0.29, 0.717) is 0 Å². The SMILES string of the molecule is CCCC([O])c1ccc(C(F)(F)C(F)(F)C(F)(F)F)cc1C(F)(F)C(F)(F)C(F)(F)F. The summed E-state index contributed by atoms with van der Waals surface area (Å²) >= 11 is 0.